The lowest BCUT2D eigenvalue weighted by Crippen LogP contribution is -2.40. The highest BCUT2D eigenvalue weighted by molar-refractivity contribution is 5.84. The summed E-state index contributed by atoms with van der Waals surface area (Å²) in [6.45, 7) is 2.96. The molecule has 1 aliphatic heterocycles. The number of aliphatic carboxylic acids is 1. The SMILES string of the molecule is CCCOCCC(=O)N1C[C@@H](O)C[C@H]1C(=O)O. The molecular weight excluding hydrogens is 226 g/mol. The fourth-order valence-corrected chi connectivity index (χ4v) is 1.87. The molecule has 17 heavy (non-hydrogen) atoms. The Bertz CT molecular complexity index is 281. The van der Waals surface area contributed by atoms with Gasteiger partial charge in [0.25, 0.3) is 0 Å². The zero-order valence-corrected chi connectivity index (χ0v) is 9.96. The summed E-state index contributed by atoms with van der Waals surface area (Å²) in [6, 6.07) is -0.899. The minimum absolute atomic E-state index is 0.101. The molecule has 0 aromatic rings. The van der Waals surface area contributed by atoms with Crippen molar-refractivity contribution in [2.24, 2.45) is 0 Å². The first-order valence-electron chi connectivity index (χ1n) is 5.84. The highest BCUT2D eigenvalue weighted by atomic mass is 16.5. The van der Waals surface area contributed by atoms with E-state index < -0.39 is 18.1 Å². The molecule has 6 nitrogen and oxygen atoms in total. The average molecular weight is 245 g/mol. The number of hydrogen-bond acceptors (Lipinski definition) is 4. The molecule has 1 fully saturated rings. The molecule has 0 unspecified atom stereocenters. The standard InChI is InChI=1S/C11H19NO5/c1-2-4-17-5-3-10(14)12-7-8(13)6-9(12)11(15)16/h8-9,13H,2-7H2,1H3,(H,15,16)/t8-,9-/m0/s1. The molecule has 1 aliphatic rings. The number of amides is 1. The minimum atomic E-state index is -1.07. The predicted octanol–water partition coefficient (Wildman–Crippen LogP) is -0.151. The van der Waals surface area contributed by atoms with Crippen LogP contribution in [0.4, 0.5) is 0 Å². The van der Waals surface area contributed by atoms with Gasteiger partial charge in [-0.25, -0.2) is 4.79 Å². The van der Waals surface area contributed by atoms with Gasteiger partial charge in [-0.2, -0.15) is 0 Å². The van der Waals surface area contributed by atoms with Crippen LogP contribution in [0.25, 0.3) is 0 Å². The van der Waals surface area contributed by atoms with Crippen LogP contribution in [0.5, 0.6) is 0 Å². The van der Waals surface area contributed by atoms with Crippen molar-refractivity contribution in [3.05, 3.63) is 0 Å². The van der Waals surface area contributed by atoms with Gasteiger partial charge in [-0.15, -0.1) is 0 Å². The summed E-state index contributed by atoms with van der Waals surface area (Å²) >= 11 is 0. The van der Waals surface area contributed by atoms with Crippen LogP contribution in [0.2, 0.25) is 0 Å². The summed E-state index contributed by atoms with van der Waals surface area (Å²) in [5.41, 5.74) is 0. The molecule has 1 heterocycles. The molecular formula is C11H19NO5. The van der Waals surface area contributed by atoms with Gasteiger partial charge in [0.1, 0.15) is 6.04 Å². The molecule has 2 atom stereocenters. The van der Waals surface area contributed by atoms with Gasteiger partial charge in [-0.1, -0.05) is 6.92 Å². The molecule has 1 amide bonds. The molecule has 2 N–H and O–H groups in total. The highest BCUT2D eigenvalue weighted by Crippen LogP contribution is 2.19. The first kappa shape index (κ1) is 13.9. The van der Waals surface area contributed by atoms with E-state index in [1.165, 1.54) is 4.90 Å². The van der Waals surface area contributed by atoms with Crippen molar-refractivity contribution in [3.8, 4) is 0 Å². The van der Waals surface area contributed by atoms with Gasteiger partial charge in [0.05, 0.1) is 19.1 Å². The molecule has 0 spiro atoms. The molecule has 1 rings (SSSR count). The van der Waals surface area contributed by atoms with Gasteiger partial charge in [0.2, 0.25) is 5.91 Å². The molecule has 0 aliphatic carbocycles. The third kappa shape index (κ3) is 3.98. The quantitative estimate of drug-likeness (QED) is 0.635. The summed E-state index contributed by atoms with van der Waals surface area (Å²) in [5.74, 6) is -1.34. The van der Waals surface area contributed by atoms with Crippen molar-refractivity contribution < 1.29 is 24.5 Å². The van der Waals surface area contributed by atoms with E-state index in [-0.39, 0.29) is 25.3 Å². The molecule has 0 aromatic heterocycles. The van der Waals surface area contributed by atoms with Crippen LogP contribution in [0.1, 0.15) is 26.2 Å². The lowest BCUT2D eigenvalue weighted by molar-refractivity contribution is -0.148. The Labute approximate surface area is 100 Å². The summed E-state index contributed by atoms with van der Waals surface area (Å²) in [7, 11) is 0. The number of nitrogens with zero attached hydrogens (tertiary/aromatic N) is 1. The van der Waals surface area contributed by atoms with E-state index in [0.717, 1.165) is 6.42 Å². The van der Waals surface area contributed by atoms with Gasteiger partial charge >= 0.3 is 5.97 Å². The Morgan fingerprint density at radius 3 is 2.71 bits per heavy atom. The van der Waals surface area contributed by atoms with Crippen molar-refractivity contribution in [2.45, 2.75) is 38.3 Å². The van der Waals surface area contributed by atoms with E-state index in [2.05, 4.69) is 0 Å². The van der Waals surface area contributed by atoms with E-state index in [9.17, 15) is 14.7 Å². The van der Waals surface area contributed by atoms with Gasteiger partial charge in [-0.05, 0) is 6.42 Å². The van der Waals surface area contributed by atoms with Gasteiger partial charge in [-0.3, -0.25) is 4.79 Å². The van der Waals surface area contributed by atoms with Gasteiger partial charge in [0, 0.05) is 19.6 Å². The van der Waals surface area contributed by atoms with E-state index in [1.54, 1.807) is 0 Å². The minimum Gasteiger partial charge on any atom is -0.480 e. The molecule has 0 saturated carbocycles. The van der Waals surface area contributed by atoms with Gasteiger partial charge in [0.15, 0.2) is 0 Å². The number of hydrogen-bond donors (Lipinski definition) is 2. The monoisotopic (exact) mass is 245 g/mol. The Balaban J connectivity index is 2.41. The van der Waals surface area contributed by atoms with Crippen molar-refractivity contribution in [1.82, 2.24) is 4.90 Å². The number of β-amino-alcohol motifs (C(OH)–C–C–N with tert-alkyl or cyclic N) is 1. The van der Waals surface area contributed by atoms with Crippen LogP contribution in [0, 0.1) is 0 Å². The van der Waals surface area contributed by atoms with Crippen LogP contribution < -0.4 is 0 Å². The molecule has 6 heteroatoms. The van der Waals surface area contributed by atoms with Gasteiger partial charge < -0.3 is 19.8 Å². The van der Waals surface area contributed by atoms with Crippen molar-refractivity contribution >= 4 is 11.9 Å². The van der Waals surface area contributed by atoms with Crippen molar-refractivity contribution in [2.75, 3.05) is 19.8 Å². The largest absolute Gasteiger partial charge is 0.480 e. The Hall–Kier alpha value is -1.14. The van der Waals surface area contributed by atoms with E-state index in [0.29, 0.717) is 13.2 Å². The van der Waals surface area contributed by atoms with Crippen molar-refractivity contribution in [3.63, 3.8) is 0 Å². The lowest BCUT2D eigenvalue weighted by Gasteiger charge is -2.21. The maximum atomic E-state index is 11.7. The average Bonchev–Trinajstić information content (AvgIpc) is 2.66. The van der Waals surface area contributed by atoms with Crippen LogP contribution in [-0.2, 0) is 14.3 Å². The first-order chi connectivity index (χ1) is 8.06. The maximum Gasteiger partial charge on any atom is 0.326 e. The third-order valence-electron chi connectivity index (χ3n) is 2.69. The smallest absolute Gasteiger partial charge is 0.326 e. The van der Waals surface area contributed by atoms with Crippen LogP contribution in [0.15, 0.2) is 0 Å². The fourth-order valence-electron chi connectivity index (χ4n) is 1.87. The zero-order chi connectivity index (χ0) is 12.8. The Kier molecular flexibility index (Phi) is 5.37. The number of carboxylic acids is 1. The number of rotatable bonds is 6. The number of carboxylic acid groups (broad SMARTS) is 1. The van der Waals surface area contributed by atoms with Crippen LogP contribution in [-0.4, -0.2) is 58.9 Å². The second-order valence-electron chi connectivity index (χ2n) is 4.15. The molecule has 1 saturated heterocycles. The third-order valence-corrected chi connectivity index (χ3v) is 2.69. The van der Waals surface area contributed by atoms with E-state index in [4.69, 9.17) is 9.84 Å². The highest BCUT2D eigenvalue weighted by Gasteiger charge is 2.38. The number of likely N-dealkylation sites (tertiary alicyclic amines) is 1. The number of aliphatic hydroxyl groups excluding tert-OH is 1. The fraction of sp³-hybridized carbons (Fsp3) is 0.818. The summed E-state index contributed by atoms with van der Waals surface area (Å²) in [4.78, 5) is 23.9. The second kappa shape index (κ2) is 6.56. The first-order valence-corrected chi connectivity index (χ1v) is 5.84. The summed E-state index contributed by atoms with van der Waals surface area (Å²) < 4.78 is 5.18. The molecule has 0 bridgehead atoms. The zero-order valence-electron chi connectivity index (χ0n) is 9.96. The number of ether oxygens (including phenoxy) is 1. The lowest BCUT2D eigenvalue weighted by atomic mass is 10.2. The van der Waals surface area contributed by atoms with Crippen molar-refractivity contribution in [1.29, 1.82) is 0 Å². The Morgan fingerprint density at radius 1 is 1.41 bits per heavy atom. The second-order valence-corrected chi connectivity index (χ2v) is 4.15. The van der Waals surface area contributed by atoms with E-state index >= 15 is 0 Å². The summed E-state index contributed by atoms with van der Waals surface area (Å²) in [6.07, 6.45) is 0.415. The van der Waals surface area contributed by atoms with Crippen LogP contribution in [0.3, 0.4) is 0 Å². The topological polar surface area (TPSA) is 87.1 Å². The molecule has 98 valence electrons. The van der Waals surface area contributed by atoms with E-state index in [1.807, 2.05) is 6.92 Å². The molecule has 0 aromatic carbocycles. The Morgan fingerprint density at radius 2 is 2.12 bits per heavy atom. The maximum absolute atomic E-state index is 11.7. The van der Waals surface area contributed by atoms with Crippen LogP contribution >= 0.6 is 0 Å². The molecule has 0 radical (unpaired) electrons. The predicted molar refractivity (Wildman–Crippen MR) is 59.5 cm³/mol. The summed E-state index contributed by atoms with van der Waals surface area (Å²) in [5, 5.41) is 18.3. The number of carbonyl (C=O) groups excluding carboxylic acids is 1. The number of carbonyl (C=O) groups is 2. The normalized spacial score (nSPS) is 24.0. The number of aliphatic hydroxyl groups is 1.